The van der Waals surface area contributed by atoms with Gasteiger partial charge in [-0.25, -0.2) is 4.79 Å². The first-order valence-electron chi connectivity index (χ1n) is 8.84. The van der Waals surface area contributed by atoms with Crippen LogP contribution in [-0.2, 0) is 15.0 Å². The van der Waals surface area contributed by atoms with Crippen molar-refractivity contribution in [3.63, 3.8) is 0 Å². The van der Waals surface area contributed by atoms with Crippen LogP contribution in [0.3, 0.4) is 0 Å². The highest BCUT2D eigenvalue weighted by Crippen LogP contribution is 2.65. The molecule has 4 rings (SSSR count). The van der Waals surface area contributed by atoms with Crippen LogP contribution < -0.4 is 10.6 Å². The molecular weight excluding hydrogens is 365 g/mol. The van der Waals surface area contributed by atoms with E-state index in [0.29, 0.717) is 5.69 Å². The molecule has 0 unspecified atom stereocenters. The third-order valence-corrected chi connectivity index (χ3v) is 4.75. The van der Waals surface area contributed by atoms with E-state index in [1.807, 2.05) is 25.5 Å². The van der Waals surface area contributed by atoms with Crippen molar-refractivity contribution in [3.05, 3.63) is 12.4 Å². The molecule has 3 saturated carbocycles. The van der Waals surface area contributed by atoms with Crippen LogP contribution in [0.5, 0.6) is 0 Å². The van der Waals surface area contributed by atoms with Crippen molar-refractivity contribution >= 4 is 11.8 Å². The predicted molar refractivity (Wildman–Crippen MR) is 91.2 cm³/mol. The van der Waals surface area contributed by atoms with Crippen LogP contribution in [0.25, 0.3) is 0 Å². The molecule has 2 bridgehead atoms. The van der Waals surface area contributed by atoms with Crippen molar-refractivity contribution < 1.29 is 27.4 Å². The molecular formula is C17H25F3N4O3. The number of halogens is 3. The number of ether oxygens (including phenoxy) is 2. The first kappa shape index (κ1) is 19.8. The van der Waals surface area contributed by atoms with E-state index in [4.69, 9.17) is 4.74 Å². The zero-order valence-corrected chi connectivity index (χ0v) is 15.8. The van der Waals surface area contributed by atoms with Crippen LogP contribution in [0.2, 0.25) is 0 Å². The van der Waals surface area contributed by atoms with Gasteiger partial charge in [-0.05, 0) is 47.0 Å². The fourth-order valence-corrected chi connectivity index (χ4v) is 3.83. The smallest absolute Gasteiger partial charge is 0.444 e. The minimum atomic E-state index is -4.64. The molecule has 0 radical (unpaired) electrons. The summed E-state index contributed by atoms with van der Waals surface area (Å²) in [5.41, 5.74) is -0.288. The molecule has 3 fully saturated rings. The van der Waals surface area contributed by atoms with Gasteiger partial charge in [0.2, 0.25) is 0 Å². The minimum absolute atomic E-state index is 0.138. The van der Waals surface area contributed by atoms with Gasteiger partial charge < -0.3 is 15.4 Å². The maximum Gasteiger partial charge on any atom is 0.522 e. The number of hydrogen-bond acceptors (Lipinski definition) is 5. The van der Waals surface area contributed by atoms with Gasteiger partial charge in [0.15, 0.2) is 0 Å². The van der Waals surface area contributed by atoms with E-state index in [0.717, 1.165) is 19.3 Å². The lowest BCUT2D eigenvalue weighted by molar-refractivity contribution is -0.325. The maximum absolute atomic E-state index is 12.1. The Balaban J connectivity index is 1.48. The molecule has 7 nitrogen and oxygen atoms in total. The fraction of sp³-hybridized carbons (Fsp3) is 0.765. The van der Waals surface area contributed by atoms with Gasteiger partial charge in [0.25, 0.3) is 0 Å². The number of aromatic nitrogens is 2. The van der Waals surface area contributed by atoms with Crippen molar-refractivity contribution in [2.75, 3.05) is 11.9 Å². The number of nitrogens with one attached hydrogen (secondary N) is 2. The molecule has 3 aliphatic rings. The van der Waals surface area contributed by atoms with Gasteiger partial charge in [-0.15, -0.1) is 13.2 Å². The zero-order valence-electron chi connectivity index (χ0n) is 15.8. The van der Waals surface area contributed by atoms with Crippen molar-refractivity contribution in [3.8, 4) is 0 Å². The lowest BCUT2D eigenvalue weighted by Crippen LogP contribution is -2.79. The van der Waals surface area contributed by atoms with E-state index in [2.05, 4.69) is 20.5 Å². The highest BCUT2D eigenvalue weighted by molar-refractivity contribution is 5.70. The second-order valence-corrected chi connectivity index (χ2v) is 8.64. The Morgan fingerprint density at radius 1 is 1.33 bits per heavy atom. The Bertz CT molecular complexity index is 691. The lowest BCUT2D eigenvalue weighted by atomic mass is 9.44. The number of carbonyl (C=O) groups excluding carboxylic acids is 1. The van der Waals surface area contributed by atoms with E-state index in [-0.39, 0.29) is 11.1 Å². The van der Waals surface area contributed by atoms with Gasteiger partial charge in [-0.3, -0.25) is 9.42 Å². The molecule has 0 aromatic carbocycles. The minimum Gasteiger partial charge on any atom is -0.444 e. The summed E-state index contributed by atoms with van der Waals surface area (Å²) in [4.78, 5) is 11.9. The molecule has 0 spiro atoms. The molecule has 0 aliphatic heterocycles. The number of hydrogen-bond donors (Lipinski definition) is 2. The molecule has 1 atom stereocenters. The molecule has 0 saturated heterocycles. The quantitative estimate of drug-likeness (QED) is 0.779. The Kier molecular flexibility index (Phi) is 4.61. The zero-order chi connectivity index (χ0) is 20.1. The molecule has 3 aliphatic carbocycles. The largest absolute Gasteiger partial charge is 0.522 e. The summed E-state index contributed by atoms with van der Waals surface area (Å²) < 4.78 is 47.2. The summed E-state index contributed by atoms with van der Waals surface area (Å²) in [7, 11) is 0. The van der Waals surface area contributed by atoms with E-state index >= 15 is 0 Å². The highest BCUT2D eigenvalue weighted by atomic mass is 19.4. The molecule has 27 heavy (non-hydrogen) atoms. The Hall–Kier alpha value is -1.97. The summed E-state index contributed by atoms with van der Waals surface area (Å²) in [5.74, 6) is 0. The molecule has 1 amide bonds. The van der Waals surface area contributed by atoms with E-state index in [9.17, 15) is 18.0 Å². The molecule has 1 heterocycles. The Morgan fingerprint density at radius 3 is 2.52 bits per heavy atom. The summed E-state index contributed by atoms with van der Waals surface area (Å²) >= 11 is 0. The predicted octanol–water partition coefficient (Wildman–Crippen LogP) is 3.38. The first-order valence-corrected chi connectivity index (χ1v) is 8.84. The standard InChI is InChI=1S/C17H25F3N4O3/c1-11(7-26-17(18,19)20)22-12-5-21-24(6-12)16-8-15(9-16,10-16)23-13(25)27-14(2,3)4/h5-6,11,22H,7-10H2,1-4H3,(H,23,25)/t11-,15?,16?/m1/s1. The van der Waals surface area contributed by atoms with Gasteiger partial charge >= 0.3 is 12.5 Å². The second kappa shape index (κ2) is 6.29. The Morgan fingerprint density at radius 2 is 1.96 bits per heavy atom. The number of anilines is 1. The van der Waals surface area contributed by atoms with Crippen LogP contribution in [0, 0.1) is 0 Å². The summed E-state index contributed by atoms with van der Waals surface area (Å²) in [6.45, 7) is 6.56. The van der Waals surface area contributed by atoms with Crippen LogP contribution >= 0.6 is 0 Å². The number of alkyl carbamates (subject to hydrolysis) is 1. The third kappa shape index (κ3) is 4.48. The average Bonchev–Trinajstić information content (AvgIpc) is 2.84. The lowest BCUT2D eigenvalue weighted by Gasteiger charge is -2.69. The average molecular weight is 390 g/mol. The number of alkyl halides is 3. The topological polar surface area (TPSA) is 77.4 Å². The fourth-order valence-electron chi connectivity index (χ4n) is 3.83. The van der Waals surface area contributed by atoms with Gasteiger partial charge in [0.05, 0.1) is 29.6 Å². The van der Waals surface area contributed by atoms with Gasteiger partial charge in [-0.2, -0.15) is 5.10 Å². The summed E-state index contributed by atoms with van der Waals surface area (Å²) in [6.07, 6.45) is 0.575. The van der Waals surface area contributed by atoms with Crippen molar-refractivity contribution in [2.45, 2.75) is 76.0 Å². The molecule has 2 N–H and O–H groups in total. The van der Waals surface area contributed by atoms with Gasteiger partial charge in [0.1, 0.15) is 5.60 Å². The monoisotopic (exact) mass is 390 g/mol. The van der Waals surface area contributed by atoms with E-state index in [1.165, 1.54) is 0 Å². The highest BCUT2D eigenvalue weighted by Gasteiger charge is 2.70. The van der Waals surface area contributed by atoms with Crippen LogP contribution in [0.15, 0.2) is 12.4 Å². The van der Waals surface area contributed by atoms with Crippen LogP contribution in [-0.4, -0.2) is 46.0 Å². The van der Waals surface area contributed by atoms with E-state index in [1.54, 1.807) is 19.3 Å². The van der Waals surface area contributed by atoms with Gasteiger partial charge in [-0.1, -0.05) is 0 Å². The van der Waals surface area contributed by atoms with Crippen molar-refractivity contribution in [1.82, 2.24) is 15.1 Å². The Labute approximate surface area is 155 Å². The maximum atomic E-state index is 12.1. The van der Waals surface area contributed by atoms with Crippen LogP contribution in [0.4, 0.5) is 23.7 Å². The molecule has 10 heteroatoms. The van der Waals surface area contributed by atoms with Crippen molar-refractivity contribution in [2.24, 2.45) is 0 Å². The molecule has 152 valence electrons. The number of rotatable bonds is 6. The van der Waals surface area contributed by atoms with Crippen molar-refractivity contribution in [1.29, 1.82) is 0 Å². The van der Waals surface area contributed by atoms with Gasteiger partial charge in [0, 0.05) is 12.2 Å². The summed E-state index contributed by atoms with van der Waals surface area (Å²) in [6, 6.07) is -0.516. The normalized spacial score (nSPS) is 28.0. The SMILES string of the molecule is C[C@H](COC(F)(F)F)Nc1cnn(C23CC(NC(=O)OC(C)(C)C)(C2)C3)c1. The first-order chi connectivity index (χ1) is 12.3. The second-order valence-electron chi connectivity index (χ2n) is 8.64. The third-order valence-electron chi connectivity index (χ3n) is 4.75. The molecule has 1 aromatic rings. The van der Waals surface area contributed by atoms with Crippen LogP contribution in [0.1, 0.15) is 47.0 Å². The molecule has 1 aromatic heterocycles. The number of carbonyl (C=O) groups is 1. The number of nitrogens with zero attached hydrogens (tertiary/aromatic N) is 2. The summed E-state index contributed by atoms with van der Waals surface area (Å²) in [5, 5.41) is 10.2. The van der Waals surface area contributed by atoms with E-state index < -0.39 is 30.7 Å². The number of amides is 1.